The second-order valence-corrected chi connectivity index (χ2v) is 2.81. The van der Waals surface area contributed by atoms with E-state index in [2.05, 4.69) is 10.3 Å². The van der Waals surface area contributed by atoms with E-state index in [4.69, 9.17) is 19.2 Å². The van der Waals surface area contributed by atoms with Crippen molar-refractivity contribution in [3.05, 3.63) is 24.4 Å². The third-order valence-corrected chi connectivity index (χ3v) is 0.921. The van der Waals surface area contributed by atoms with Crippen LogP contribution in [0.25, 0.3) is 0 Å². The zero-order chi connectivity index (χ0) is 10.3. The molecular formula is C6H8N2Na3O4P. The van der Waals surface area contributed by atoms with Crippen molar-refractivity contribution in [1.82, 2.24) is 4.98 Å². The van der Waals surface area contributed by atoms with E-state index in [1.807, 2.05) is 25.2 Å². The summed E-state index contributed by atoms with van der Waals surface area (Å²) in [6, 6.07) is 5.75. The Balaban J connectivity index is -0.0000000818. The molecule has 0 unspecified atom stereocenters. The van der Waals surface area contributed by atoms with E-state index in [9.17, 15) is 0 Å². The molecule has 1 aromatic rings. The van der Waals surface area contributed by atoms with Gasteiger partial charge in [0.2, 0.25) is 0 Å². The van der Waals surface area contributed by atoms with E-state index < -0.39 is 7.82 Å². The zero-order valence-electron chi connectivity index (χ0n) is 9.84. The third-order valence-electron chi connectivity index (χ3n) is 0.921. The molecule has 0 bridgehead atoms. The number of rotatable bonds is 1. The minimum absolute atomic E-state index is 0. The Morgan fingerprint density at radius 3 is 1.81 bits per heavy atom. The van der Waals surface area contributed by atoms with Crippen molar-refractivity contribution >= 4 is 13.6 Å². The second kappa shape index (κ2) is 15.1. The molecule has 1 rings (SSSR count). The van der Waals surface area contributed by atoms with Gasteiger partial charge in [-0.1, -0.05) is 6.07 Å². The summed E-state index contributed by atoms with van der Waals surface area (Å²) in [4.78, 5) is 29.6. The van der Waals surface area contributed by atoms with Crippen LogP contribution in [0.5, 0.6) is 0 Å². The molecular weight excluding hydrogens is 264 g/mol. The summed E-state index contributed by atoms with van der Waals surface area (Å²) in [6.45, 7) is 0. The van der Waals surface area contributed by atoms with Crippen molar-refractivity contribution in [3.63, 3.8) is 0 Å². The number of phosphoric acid groups is 1. The molecule has 0 radical (unpaired) electrons. The summed E-state index contributed by atoms with van der Waals surface area (Å²) in [6.07, 6.45) is 1.76. The minimum atomic E-state index is -5.39. The van der Waals surface area contributed by atoms with Crippen LogP contribution in [-0.4, -0.2) is 12.0 Å². The van der Waals surface area contributed by atoms with E-state index >= 15 is 0 Å². The van der Waals surface area contributed by atoms with Gasteiger partial charge in [0.05, 0.1) is 0 Å². The van der Waals surface area contributed by atoms with Gasteiger partial charge in [-0.05, 0) is 12.1 Å². The topological polar surface area (TPSA) is 111 Å². The SMILES string of the molecule is CNc1ccccn1.O=P([O-])([O-])[O-].[Na+].[Na+].[Na+]. The Labute approximate surface area is 161 Å². The summed E-state index contributed by atoms with van der Waals surface area (Å²) in [7, 11) is -3.54. The molecule has 0 aromatic carbocycles. The van der Waals surface area contributed by atoms with Crippen molar-refractivity contribution in [1.29, 1.82) is 0 Å². The van der Waals surface area contributed by atoms with Gasteiger partial charge in [0, 0.05) is 13.2 Å². The number of anilines is 1. The molecule has 0 fully saturated rings. The molecule has 0 amide bonds. The zero-order valence-corrected chi connectivity index (χ0v) is 16.7. The first kappa shape index (κ1) is 26.6. The van der Waals surface area contributed by atoms with Crippen molar-refractivity contribution in [2.45, 2.75) is 0 Å². The minimum Gasteiger partial charge on any atom is -0.822 e. The van der Waals surface area contributed by atoms with E-state index in [0.29, 0.717) is 0 Å². The predicted octanol–water partition coefficient (Wildman–Crippen LogP) is -10.7. The first-order chi connectivity index (χ1) is 5.93. The Hall–Kier alpha value is 2.06. The van der Waals surface area contributed by atoms with Gasteiger partial charge in [-0.2, -0.15) is 7.82 Å². The fourth-order valence-corrected chi connectivity index (χ4v) is 0.511. The van der Waals surface area contributed by atoms with Crippen molar-refractivity contribution in [2.75, 3.05) is 12.4 Å². The van der Waals surface area contributed by atoms with Crippen molar-refractivity contribution < 1.29 is 108 Å². The standard InChI is InChI=1S/C6H8N2.3Na.H3O4P/c1-7-6-4-2-3-5-8-6;;;;1-5(2,3)4/h2-5H,1H3,(H,7,8);;;;(H3,1,2,3,4)/q;3*+1;/p-3. The maximum atomic E-state index is 8.55. The molecule has 10 heteroatoms. The normalized spacial score (nSPS) is 8.00. The van der Waals surface area contributed by atoms with Gasteiger partial charge >= 0.3 is 88.7 Å². The van der Waals surface area contributed by atoms with Gasteiger partial charge in [0.15, 0.2) is 0 Å². The van der Waals surface area contributed by atoms with E-state index in [1.165, 1.54) is 0 Å². The van der Waals surface area contributed by atoms with Gasteiger partial charge in [0.1, 0.15) is 5.82 Å². The molecule has 1 N–H and O–H groups in total. The first-order valence-corrected chi connectivity index (χ1v) is 4.71. The van der Waals surface area contributed by atoms with Crippen LogP contribution < -0.4 is 109 Å². The third kappa shape index (κ3) is 25.0. The molecule has 0 aliphatic heterocycles. The summed E-state index contributed by atoms with van der Waals surface area (Å²) in [5.74, 6) is 0.910. The van der Waals surface area contributed by atoms with Gasteiger partial charge < -0.3 is 24.6 Å². The summed E-state index contributed by atoms with van der Waals surface area (Å²) >= 11 is 0. The van der Waals surface area contributed by atoms with E-state index in [-0.39, 0.29) is 88.7 Å². The Morgan fingerprint density at radius 1 is 1.19 bits per heavy atom. The molecule has 0 spiro atoms. The molecule has 74 valence electrons. The first-order valence-electron chi connectivity index (χ1n) is 3.25. The molecule has 1 aromatic heterocycles. The fourth-order valence-electron chi connectivity index (χ4n) is 0.511. The average Bonchev–Trinajstić information content (AvgIpc) is 2.03. The van der Waals surface area contributed by atoms with Crippen LogP contribution in [0.4, 0.5) is 5.82 Å². The van der Waals surface area contributed by atoms with Gasteiger partial charge in [-0.25, -0.2) is 4.98 Å². The number of aromatic nitrogens is 1. The van der Waals surface area contributed by atoms with E-state index in [0.717, 1.165) is 5.82 Å². The van der Waals surface area contributed by atoms with Crippen LogP contribution in [0, 0.1) is 0 Å². The maximum Gasteiger partial charge on any atom is 1.00 e. The fraction of sp³-hybridized carbons (Fsp3) is 0.167. The molecule has 1 heterocycles. The molecule has 0 aliphatic rings. The maximum absolute atomic E-state index is 8.55. The van der Waals surface area contributed by atoms with Crippen LogP contribution in [0.15, 0.2) is 24.4 Å². The van der Waals surface area contributed by atoms with Crippen LogP contribution in [0.1, 0.15) is 0 Å². The van der Waals surface area contributed by atoms with Crippen molar-refractivity contribution in [3.8, 4) is 0 Å². The van der Waals surface area contributed by atoms with Crippen LogP contribution in [0.3, 0.4) is 0 Å². The summed E-state index contributed by atoms with van der Waals surface area (Å²) in [5.41, 5.74) is 0. The Morgan fingerprint density at radius 2 is 1.62 bits per heavy atom. The van der Waals surface area contributed by atoms with Crippen LogP contribution in [-0.2, 0) is 4.57 Å². The Bertz CT molecular complexity index is 276. The molecule has 0 atom stereocenters. The van der Waals surface area contributed by atoms with Crippen LogP contribution in [0.2, 0.25) is 0 Å². The number of nitrogens with one attached hydrogen (secondary N) is 1. The summed E-state index contributed by atoms with van der Waals surface area (Å²) in [5, 5.41) is 2.92. The second-order valence-electron chi connectivity index (χ2n) is 1.91. The van der Waals surface area contributed by atoms with Crippen LogP contribution >= 0.6 is 7.82 Å². The monoisotopic (exact) mass is 272 g/mol. The van der Waals surface area contributed by atoms with Gasteiger partial charge in [-0.3, -0.25) is 0 Å². The Kier molecular flexibility index (Phi) is 25.1. The van der Waals surface area contributed by atoms with Gasteiger partial charge in [-0.15, -0.1) is 0 Å². The smallest absolute Gasteiger partial charge is 0.822 e. The number of nitrogens with zero attached hydrogens (tertiary/aromatic N) is 1. The molecule has 6 nitrogen and oxygen atoms in total. The molecule has 0 aliphatic carbocycles. The average molecular weight is 272 g/mol. The quantitative estimate of drug-likeness (QED) is 0.401. The molecule has 0 saturated heterocycles. The largest absolute Gasteiger partial charge is 1.00 e. The van der Waals surface area contributed by atoms with Crippen molar-refractivity contribution in [2.24, 2.45) is 0 Å². The number of hydrogen-bond acceptors (Lipinski definition) is 6. The number of hydrogen-bond donors (Lipinski definition) is 1. The summed E-state index contributed by atoms with van der Waals surface area (Å²) < 4.78 is 8.55. The predicted molar refractivity (Wildman–Crippen MR) is 41.4 cm³/mol. The number of pyridine rings is 1. The van der Waals surface area contributed by atoms with E-state index in [1.54, 1.807) is 6.20 Å². The molecule has 16 heavy (non-hydrogen) atoms. The molecule has 0 saturated carbocycles. The van der Waals surface area contributed by atoms with Gasteiger partial charge in [0.25, 0.3) is 0 Å².